The highest BCUT2D eigenvalue weighted by Crippen LogP contribution is 2.28. The molecule has 2 aromatic rings. The Morgan fingerprint density at radius 1 is 1.19 bits per heavy atom. The molecule has 6 nitrogen and oxygen atoms in total. The summed E-state index contributed by atoms with van der Waals surface area (Å²) < 4.78 is 27.4. The molecule has 8 heteroatoms. The molecule has 1 fully saturated rings. The number of sulfonamides is 1. The van der Waals surface area contributed by atoms with Crippen LogP contribution in [-0.4, -0.2) is 43.8 Å². The van der Waals surface area contributed by atoms with Gasteiger partial charge in [-0.15, -0.1) is 11.3 Å². The molecule has 146 valence electrons. The Hall–Kier alpha value is -1.93. The van der Waals surface area contributed by atoms with Crippen molar-refractivity contribution in [1.82, 2.24) is 9.88 Å². The fraction of sp³-hybridized carbons (Fsp3) is 0.474. The fourth-order valence-electron chi connectivity index (χ4n) is 3.38. The van der Waals surface area contributed by atoms with Crippen LogP contribution < -0.4 is 4.31 Å². The van der Waals surface area contributed by atoms with Gasteiger partial charge in [-0.2, -0.15) is 0 Å². The Morgan fingerprint density at radius 3 is 2.44 bits per heavy atom. The van der Waals surface area contributed by atoms with Gasteiger partial charge in [0.05, 0.1) is 4.90 Å². The molecule has 1 saturated carbocycles. The second-order valence-electron chi connectivity index (χ2n) is 7.06. The van der Waals surface area contributed by atoms with Crippen LogP contribution in [0.3, 0.4) is 0 Å². The Kier molecular flexibility index (Phi) is 6.16. The molecular weight excluding hydrogens is 382 g/mol. The Labute approximate surface area is 164 Å². The Bertz CT molecular complexity index is 846. The third kappa shape index (κ3) is 4.50. The minimum atomic E-state index is -3.86. The molecule has 27 heavy (non-hydrogen) atoms. The second-order valence-corrected chi connectivity index (χ2v) is 9.79. The quantitative estimate of drug-likeness (QED) is 0.736. The van der Waals surface area contributed by atoms with Crippen molar-refractivity contribution in [2.45, 2.75) is 43.5 Å². The zero-order valence-electron chi connectivity index (χ0n) is 15.6. The predicted molar refractivity (Wildman–Crippen MR) is 107 cm³/mol. The number of aromatic nitrogens is 1. The van der Waals surface area contributed by atoms with Gasteiger partial charge in [-0.3, -0.25) is 4.79 Å². The van der Waals surface area contributed by atoms with E-state index in [0.717, 1.165) is 30.0 Å². The third-order valence-electron chi connectivity index (χ3n) is 5.17. The van der Waals surface area contributed by atoms with Crippen molar-refractivity contribution < 1.29 is 13.2 Å². The normalized spacial score (nSPS) is 20.2. The van der Waals surface area contributed by atoms with Crippen molar-refractivity contribution in [3.8, 4) is 0 Å². The predicted octanol–water partition coefficient (Wildman–Crippen LogP) is 3.38. The number of carbonyl (C=O) groups is 1. The van der Waals surface area contributed by atoms with E-state index in [2.05, 4.69) is 11.9 Å². The molecule has 1 heterocycles. The summed E-state index contributed by atoms with van der Waals surface area (Å²) >= 11 is 1.21. The van der Waals surface area contributed by atoms with E-state index in [1.807, 2.05) is 0 Å². The van der Waals surface area contributed by atoms with Crippen LogP contribution in [0.1, 0.15) is 32.6 Å². The van der Waals surface area contributed by atoms with Gasteiger partial charge in [0.25, 0.3) is 10.0 Å². The van der Waals surface area contributed by atoms with Crippen molar-refractivity contribution in [1.29, 1.82) is 0 Å². The number of likely N-dealkylation sites (N-methyl/N-ethyl adjacent to an activating group) is 1. The third-order valence-corrected chi connectivity index (χ3v) is 7.83. The van der Waals surface area contributed by atoms with E-state index in [4.69, 9.17) is 0 Å². The lowest BCUT2D eigenvalue weighted by atomic mass is 9.87. The van der Waals surface area contributed by atoms with Gasteiger partial charge in [0.1, 0.15) is 6.54 Å². The molecular formula is C19H25N3O3S2. The average Bonchev–Trinajstić information content (AvgIpc) is 3.20. The van der Waals surface area contributed by atoms with E-state index in [1.165, 1.54) is 23.5 Å². The van der Waals surface area contributed by atoms with Gasteiger partial charge in [-0.05, 0) is 43.7 Å². The molecule has 1 aromatic carbocycles. The zero-order chi connectivity index (χ0) is 19.4. The minimum Gasteiger partial charge on any atom is -0.341 e. The lowest BCUT2D eigenvalue weighted by Crippen LogP contribution is -2.46. The lowest BCUT2D eigenvalue weighted by Gasteiger charge is -2.34. The summed E-state index contributed by atoms with van der Waals surface area (Å²) in [6.45, 7) is 1.99. The molecule has 1 aliphatic carbocycles. The molecule has 3 rings (SSSR count). The standard InChI is InChI=1S/C19H25N3O3S2/c1-15-8-10-16(11-9-15)21(2)18(23)14-22(19-20-12-13-26-19)27(24,25)17-6-4-3-5-7-17/h3-7,12-13,15-16H,8-11,14H2,1-2H3. The van der Waals surface area contributed by atoms with Crippen LogP contribution in [0.15, 0.2) is 46.8 Å². The molecule has 0 atom stereocenters. The van der Waals surface area contributed by atoms with Gasteiger partial charge in [0.15, 0.2) is 5.13 Å². The SMILES string of the molecule is CC1CCC(N(C)C(=O)CN(c2nccs2)S(=O)(=O)c2ccccc2)CC1. The first kappa shape index (κ1) is 19.8. The first-order valence-corrected chi connectivity index (χ1v) is 11.4. The number of anilines is 1. The maximum Gasteiger partial charge on any atom is 0.266 e. The first-order chi connectivity index (χ1) is 12.9. The molecule has 1 aromatic heterocycles. The first-order valence-electron chi connectivity index (χ1n) is 9.12. The summed E-state index contributed by atoms with van der Waals surface area (Å²) in [5.74, 6) is 0.485. The second kappa shape index (κ2) is 8.39. The van der Waals surface area contributed by atoms with Crippen LogP contribution in [-0.2, 0) is 14.8 Å². The summed E-state index contributed by atoms with van der Waals surface area (Å²) in [6, 6.07) is 8.34. The maximum absolute atomic E-state index is 13.1. The topological polar surface area (TPSA) is 70.6 Å². The van der Waals surface area contributed by atoms with Crippen LogP contribution in [0, 0.1) is 5.92 Å². The van der Waals surface area contributed by atoms with Crippen molar-refractivity contribution in [3.05, 3.63) is 41.9 Å². The molecule has 0 N–H and O–H groups in total. The van der Waals surface area contributed by atoms with Crippen molar-refractivity contribution in [2.75, 3.05) is 17.9 Å². The Morgan fingerprint density at radius 2 is 1.85 bits per heavy atom. The van der Waals surface area contributed by atoms with Gasteiger partial charge in [-0.25, -0.2) is 17.7 Å². The van der Waals surface area contributed by atoms with E-state index in [1.54, 1.807) is 41.7 Å². The molecule has 0 unspecified atom stereocenters. The van der Waals surface area contributed by atoms with Gasteiger partial charge in [0.2, 0.25) is 5.91 Å². The molecule has 0 aliphatic heterocycles. The van der Waals surface area contributed by atoms with Crippen LogP contribution in [0.25, 0.3) is 0 Å². The highest BCUT2D eigenvalue weighted by atomic mass is 32.2. The number of amides is 1. The highest BCUT2D eigenvalue weighted by molar-refractivity contribution is 7.93. The number of thiazole rings is 1. The van der Waals surface area contributed by atoms with E-state index in [-0.39, 0.29) is 23.4 Å². The van der Waals surface area contributed by atoms with Crippen LogP contribution in [0.4, 0.5) is 5.13 Å². The van der Waals surface area contributed by atoms with E-state index < -0.39 is 10.0 Å². The van der Waals surface area contributed by atoms with E-state index in [9.17, 15) is 13.2 Å². The van der Waals surface area contributed by atoms with Gasteiger partial charge in [0, 0.05) is 24.7 Å². The number of benzene rings is 1. The largest absolute Gasteiger partial charge is 0.341 e. The number of rotatable bonds is 6. The lowest BCUT2D eigenvalue weighted by molar-refractivity contribution is -0.131. The summed E-state index contributed by atoms with van der Waals surface area (Å²) in [7, 11) is -2.08. The average molecular weight is 408 g/mol. The molecule has 0 spiro atoms. The monoisotopic (exact) mass is 407 g/mol. The zero-order valence-corrected chi connectivity index (χ0v) is 17.2. The van der Waals surface area contributed by atoms with Crippen LogP contribution in [0.5, 0.6) is 0 Å². The summed E-state index contributed by atoms with van der Waals surface area (Å²) in [4.78, 5) is 18.9. The molecule has 1 amide bonds. The van der Waals surface area contributed by atoms with E-state index >= 15 is 0 Å². The number of hydrogen-bond acceptors (Lipinski definition) is 5. The molecule has 0 bridgehead atoms. The number of hydrogen-bond donors (Lipinski definition) is 0. The summed E-state index contributed by atoms with van der Waals surface area (Å²) in [6.07, 6.45) is 5.67. The van der Waals surface area contributed by atoms with E-state index in [0.29, 0.717) is 11.0 Å². The smallest absolute Gasteiger partial charge is 0.266 e. The number of nitrogens with zero attached hydrogens (tertiary/aromatic N) is 3. The van der Waals surface area contributed by atoms with Gasteiger partial charge >= 0.3 is 0 Å². The maximum atomic E-state index is 13.1. The molecule has 0 radical (unpaired) electrons. The Balaban J connectivity index is 1.82. The van der Waals surface area contributed by atoms with Gasteiger partial charge in [-0.1, -0.05) is 25.1 Å². The summed E-state index contributed by atoms with van der Waals surface area (Å²) in [5.41, 5.74) is 0. The minimum absolute atomic E-state index is 0.155. The molecule has 0 saturated heterocycles. The fourth-order valence-corrected chi connectivity index (χ4v) is 5.64. The van der Waals surface area contributed by atoms with Crippen LogP contribution in [0.2, 0.25) is 0 Å². The van der Waals surface area contributed by atoms with Crippen molar-refractivity contribution in [2.24, 2.45) is 5.92 Å². The van der Waals surface area contributed by atoms with Crippen LogP contribution >= 0.6 is 11.3 Å². The molecule has 1 aliphatic rings. The van der Waals surface area contributed by atoms with Crippen molar-refractivity contribution >= 4 is 32.4 Å². The number of carbonyl (C=O) groups excluding carboxylic acids is 1. The van der Waals surface area contributed by atoms with Gasteiger partial charge < -0.3 is 4.90 Å². The van der Waals surface area contributed by atoms with Crippen molar-refractivity contribution in [3.63, 3.8) is 0 Å². The highest BCUT2D eigenvalue weighted by Gasteiger charge is 2.32. The summed E-state index contributed by atoms with van der Waals surface area (Å²) in [5, 5.41) is 2.01.